The molecule has 0 bridgehead atoms. The lowest BCUT2D eigenvalue weighted by molar-refractivity contribution is -0.155. The Morgan fingerprint density at radius 2 is 1.95 bits per heavy atom. The van der Waals surface area contributed by atoms with Gasteiger partial charge in [-0.2, -0.15) is 0 Å². The predicted octanol–water partition coefficient (Wildman–Crippen LogP) is 1.27. The van der Waals surface area contributed by atoms with Crippen LogP contribution in [0.25, 0.3) is 0 Å². The number of carbonyl (C=O) groups excluding carboxylic acids is 2. The molecule has 1 N–H and O–H groups in total. The van der Waals surface area contributed by atoms with E-state index in [0.29, 0.717) is 18.7 Å². The standard InChI is InChI=1S/C15H22N4O2/c1-4-7-11-13(20)18-15(3,5-2)14(21)19(11)10-12-16-8-6-9-17-12/h6,8-9,11H,4-5,7,10H2,1-3H3,(H,18,20). The molecule has 0 aliphatic carbocycles. The molecule has 0 saturated carbocycles. The number of carbonyl (C=O) groups is 2. The summed E-state index contributed by atoms with van der Waals surface area (Å²) in [6.07, 6.45) is 5.32. The molecule has 2 rings (SSSR count). The van der Waals surface area contributed by atoms with Gasteiger partial charge in [0.05, 0.1) is 6.54 Å². The summed E-state index contributed by atoms with van der Waals surface area (Å²) in [4.78, 5) is 35.1. The van der Waals surface area contributed by atoms with Gasteiger partial charge in [-0.25, -0.2) is 9.97 Å². The van der Waals surface area contributed by atoms with Crippen molar-refractivity contribution in [2.24, 2.45) is 0 Å². The molecule has 0 spiro atoms. The quantitative estimate of drug-likeness (QED) is 0.886. The van der Waals surface area contributed by atoms with Crippen molar-refractivity contribution in [1.29, 1.82) is 0 Å². The Hall–Kier alpha value is -1.98. The Bertz CT molecular complexity index is 520. The van der Waals surface area contributed by atoms with E-state index in [1.54, 1.807) is 30.3 Å². The van der Waals surface area contributed by atoms with Crippen molar-refractivity contribution < 1.29 is 9.59 Å². The van der Waals surface area contributed by atoms with Crippen LogP contribution in [0.15, 0.2) is 18.5 Å². The van der Waals surface area contributed by atoms with Crippen molar-refractivity contribution in [3.63, 3.8) is 0 Å². The van der Waals surface area contributed by atoms with Crippen LogP contribution in [-0.2, 0) is 16.1 Å². The minimum absolute atomic E-state index is 0.0597. The molecule has 1 aliphatic heterocycles. The van der Waals surface area contributed by atoms with E-state index >= 15 is 0 Å². The summed E-state index contributed by atoms with van der Waals surface area (Å²) in [6.45, 7) is 5.94. The first-order valence-electron chi connectivity index (χ1n) is 7.40. The minimum Gasteiger partial charge on any atom is -0.340 e. The number of piperazine rings is 1. The van der Waals surface area contributed by atoms with Gasteiger partial charge in [-0.05, 0) is 25.8 Å². The molecular weight excluding hydrogens is 268 g/mol. The summed E-state index contributed by atoms with van der Waals surface area (Å²) in [5.41, 5.74) is -0.837. The molecule has 0 radical (unpaired) electrons. The summed E-state index contributed by atoms with van der Waals surface area (Å²) >= 11 is 0. The van der Waals surface area contributed by atoms with Gasteiger partial charge in [0, 0.05) is 12.4 Å². The highest BCUT2D eigenvalue weighted by atomic mass is 16.2. The van der Waals surface area contributed by atoms with Gasteiger partial charge < -0.3 is 10.2 Å². The highest BCUT2D eigenvalue weighted by Gasteiger charge is 2.46. The molecule has 0 aromatic carbocycles. The number of rotatable bonds is 5. The molecule has 1 aromatic rings. The van der Waals surface area contributed by atoms with Crippen molar-refractivity contribution in [2.45, 2.75) is 58.2 Å². The lowest BCUT2D eigenvalue weighted by Gasteiger charge is -2.43. The molecule has 2 unspecified atom stereocenters. The molecule has 2 heterocycles. The average Bonchev–Trinajstić information content (AvgIpc) is 2.49. The Morgan fingerprint density at radius 3 is 2.52 bits per heavy atom. The molecule has 1 saturated heterocycles. The van der Waals surface area contributed by atoms with Crippen LogP contribution in [0.4, 0.5) is 0 Å². The van der Waals surface area contributed by atoms with E-state index in [4.69, 9.17) is 0 Å². The van der Waals surface area contributed by atoms with Crippen LogP contribution < -0.4 is 5.32 Å². The highest BCUT2D eigenvalue weighted by Crippen LogP contribution is 2.24. The summed E-state index contributed by atoms with van der Waals surface area (Å²) in [5.74, 6) is 0.410. The number of hydrogen-bond acceptors (Lipinski definition) is 4. The first-order chi connectivity index (χ1) is 10.0. The van der Waals surface area contributed by atoms with Crippen LogP contribution in [0.1, 0.15) is 45.9 Å². The summed E-state index contributed by atoms with van der Waals surface area (Å²) in [5, 5.41) is 2.87. The second-order valence-electron chi connectivity index (χ2n) is 5.58. The van der Waals surface area contributed by atoms with E-state index in [9.17, 15) is 9.59 Å². The predicted molar refractivity (Wildman–Crippen MR) is 78.1 cm³/mol. The number of aromatic nitrogens is 2. The van der Waals surface area contributed by atoms with Crippen LogP contribution in [-0.4, -0.2) is 38.3 Å². The second-order valence-corrected chi connectivity index (χ2v) is 5.58. The zero-order valence-corrected chi connectivity index (χ0v) is 12.8. The van der Waals surface area contributed by atoms with Crippen molar-refractivity contribution >= 4 is 11.8 Å². The Kier molecular flexibility index (Phi) is 4.55. The molecule has 1 fully saturated rings. The molecule has 6 heteroatoms. The molecule has 2 atom stereocenters. The lowest BCUT2D eigenvalue weighted by atomic mass is 9.90. The monoisotopic (exact) mass is 290 g/mol. The van der Waals surface area contributed by atoms with Gasteiger partial charge in [-0.1, -0.05) is 20.3 Å². The van der Waals surface area contributed by atoms with Crippen LogP contribution in [0.2, 0.25) is 0 Å². The summed E-state index contributed by atoms with van der Waals surface area (Å²) in [7, 11) is 0. The van der Waals surface area contributed by atoms with Crippen LogP contribution in [0, 0.1) is 0 Å². The highest BCUT2D eigenvalue weighted by molar-refractivity contribution is 5.99. The van der Waals surface area contributed by atoms with E-state index in [-0.39, 0.29) is 18.4 Å². The lowest BCUT2D eigenvalue weighted by Crippen LogP contribution is -2.68. The van der Waals surface area contributed by atoms with Gasteiger partial charge >= 0.3 is 0 Å². The molecule has 1 aromatic heterocycles. The fraction of sp³-hybridized carbons (Fsp3) is 0.600. The first-order valence-corrected chi connectivity index (χ1v) is 7.40. The largest absolute Gasteiger partial charge is 0.340 e. The van der Waals surface area contributed by atoms with Gasteiger partial charge in [0.15, 0.2) is 0 Å². The first kappa shape index (κ1) is 15.4. The Labute approximate surface area is 125 Å². The van der Waals surface area contributed by atoms with Crippen molar-refractivity contribution in [3.05, 3.63) is 24.3 Å². The minimum atomic E-state index is -0.837. The van der Waals surface area contributed by atoms with Crippen molar-refractivity contribution in [3.8, 4) is 0 Å². The van der Waals surface area contributed by atoms with E-state index in [1.807, 2.05) is 13.8 Å². The van der Waals surface area contributed by atoms with E-state index in [0.717, 1.165) is 6.42 Å². The maximum Gasteiger partial charge on any atom is 0.249 e. The van der Waals surface area contributed by atoms with E-state index < -0.39 is 11.6 Å². The van der Waals surface area contributed by atoms with E-state index in [2.05, 4.69) is 15.3 Å². The summed E-state index contributed by atoms with van der Waals surface area (Å²) in [6, 6.07) is 1.29. The van der Waals surface area contributed by atoms with Gasteiger partial charge in [0.1, 0.15) is 17.4 Å². The number of hydrogen-bond donors (Lipinski definition) is 1. The van der Waals surface area contributed by atoms with Crippen molar-refractivity contribution in [1.82, 2.24) is 20.2 Å². The fourth-order valence-corrected chi connectivity index (χ4v) is 2.55. The van der Waals surface area contributed by atoms with Gasteiger partial charge in [-0.3, -0.25) is 9.59 Å². The molecule has 6 nitrogen and oxygen atoms in total. The molecule has 21 heavy (non-hydrogen) atoms. The zero-order valence-electron chi connectivity index (χ0n) is 12.8. The van der Waals surface area contributed by atoms with Crippen molar-refractivity contribution in [2.75, 3.05) is 0 Å². The normalized spacial score (nSPS) is 25.9. The SMILES string of the molecule is CCCC1C(=O)NC(C)(CC)C(=O)N1Cc1ncccn1. The van der Waals surface area contributed by atoms with Crippen LogP contribution >= 0.6 is 0 Å². The Balaban J connectivity index is 2.30. The van der Waals surface area contributed by atoms with Gasteiger partial charge in [0.25, 0.3) is 0 Å². The molecule has 2 amide bonds. The third-order valence-electron chi connectivity index (χ3n) is 4.01. The summed E-state index contributed by atoms with van der Waals surface area (Å²) < 4.78 is 0. The molecule has 114 valence electrons. The average molecular weight is 290 g/mol. The third-order valence-corrected chi connectivity index (χ3v) is 4.01. The van der Waals surface area contributed by atoms with E-state index in [1.165, 1.54) is 0 Å². The molecular formula is C15H22N4O2. The fourth-order valence-electron chi connectivity index (χ4n) is 2.55. The number of amides is 2. The second kappa shape index (κ2) is 6.20. The van der Waals surface area contributed by atoms with Crippen LogP contribution in [0.5, 0.6) is 0 Å². The van der Waals surface area contributed by atoms with Gasteiger partial charge in [0.2, 0.25) is 11.8 Å². The Morgan fingerprint density at radius 1 is 1.29 bits per heavy atom. The molecule has 1 aliphatic rings. The maximum atomic E-state index is 12.8. The van der Waals surface area contributed by atoms with Crippen LogP contribution in [0.3, 0.4) is 0 Å². The number of nitrogens with one attached hydrogen (secondary N) is 1. The number of nitrogens with zero attached hydrogens (tertiary/aromatic N) is 3. The zero-order chi connectivity index (χ0) is 15.5. The topological polar surface area (TPSA) is 75.2 Å². The smallest absolute Gasteiger partial charge is 0.249 e. The van der Waals surface area contributed by atoms with Gasteiger partial charge in [-0.15, -0.1) is 0 Å². The maximum absolute atomic E-state index is 12.8. The third kappa shape index (κ3) is 3.04.